The van der Waals surface area contributed by atoms with E-state index in [4.69, 9.17) is 0 Å². The van der Waals surface area contributed by atoms with E-state index in [2.05, 4.69) is 10.0 Å². The molecule has 1 unspecified atom stereocenters. The van der Waals surface area contributed by atoms with Crippen LogP contribution in [0.25, 0.3) is 11.1 Å². The largest absolute Gasteiger partial charge is 0.315 e. The lowest BCUT2D eigenvalue weighted by atomic mass is 9.98. The van der Waals surface area contributed by atoms with Gasteiger partial charge in [-0.15, -0.1) is 0 Å². The molecule has 0 radical (unpaired) electrons. The minimum atomic E-state index is -3.63. The molecule has 7 heteroatoms. The highest BCUT2D eigenvalue weighted by molar-refractivity contribution is 7.90. The van der Waals surface area contributed by atoms with Gasteiger partial charge in [0.2, 0.25) is 10.0 Å². The Balaban J connectivity index is 1.79. The maximum Gasteiger partial charge on any atom is 0.216 e. The number of nitrogens with one attached hydrogen (secondary N) is 2. The van der Waals surface area contributed by atoms with Crippen molar-refractivity contribution in [3.05, 3.63) is 59.4 Å². The minimum Gasteiger partial charge on any atom is -0.315 e. The van der Waals surface area contributed by atoms with Gasteiger partial charge >= 0.3 is 0 Å². The Hall–Kier alpha value is -2.09. The van der Waals surface area contributed by atoms with Crippen LogP contribution in [-0.2, 0) is 10.0 Å². The number of carbonyl (C=O) groups is 1. The van der Waals surface area contributed by atoms with Gasteiger partial charge in [0, 0.05) is 6.54 Å². The van der Waals surface area contributed by atoms with Crippen LogP contribution in [0.2, 0.25) is 0 Å². The number of halogens is 1. The van der Waals surface area contributed by atoms with Crippen LogP contribution in [0.5, 0.6) is 0 Å². The number of hydrogen-bond donors (Lipinski definition) is 2. The van der Waals surface area contributed by atoms with Crippen molar-refractivity contribution in [3.63, 3.8) is 0 Å². The van der Waals surface area contributed by atoms with Crippen LogP contribution in [0.4, 0.5) is 4.39 Å². The van der Waals surface area contributed by atoms with Crippen LogP contribution in [0.15, 0.2) is 42.5 Å². The summed E-state index contributed by atoms with van der Waals surface area (Å²) in [5.41, 5.74) is 1.83. The Labute approximate surface area is 159 Å². The zero-order valence-electron chi connectivity index (χ0n) is 15.2. The molecule has 0 spiro atoms. The molecule has 5 nitrogen and oxygen atoms in total. The van der Waals surface area contributed by atoms with Crippen molar-refractivity contribution in [2.75, 3.05) is 19.6 Å². The highest BCUT2D eigenvalue weighted by Gasteiger charge is 2.28. The van der Waals surface area contributed by atoms with Crippen LogP contribution in [0, 0.1) is 12.7 Å². The summed E-state index contributed by atoms with van der Waals surface area (Å²) in [5.74, 6) is -1.20. The van der Waals surface area contributed by atoms with Gasteiger partial charge in [-0.05, 0) is 55.1 Å². The summed E-state index contributed by atoms with van der Waals surface area (Å²) >= 11 is 0. The van der Waals surface area contributed by atoms with E-state index < -0.39 is 33.4 Å². The van der Waals surface area contributed by atoms with Gasteiger partial charge in [0.05, 0.1) is 17.4 Å². The van der Waals surface area contributed by atoms with Crippen molar-refractivity contribution in [1.29, 1.82) is 0 Å². The molecule has 1 fully saturated rings. The van der Waals surface area contributed by atoms with Crippen LogP contribution in [0.3, 0.4) is 0 Å². The molecule has 3 rings (SSSR count). The third kappa shape index (κ3) is 4.61. The number of carbonyl (C=O) groups excluding carboxylic acids is 1. The number of hydrogen-bond acceptors (Lipinski definition) is 4. The Morgan fingerprint density at radius 1 is 1.22 bits per heavy atom. The van der Waals surface area contributed by atoms with E-state index in [1.165, 1.54) is 6.07 Å². The van der Waals surface area contributed by atoms with Gasteiger partial charge in [0.15, 0.2) is 5.78 Å². The van der Waals surface area contributed by atoms with Gasteiger partial charge in [-0.1, -0.05) is 30.3 Å². The zero-order chi connectivity index (χ0) is 19.4. The Morgan fingerprint density at radius 2 is 1.96 bits per heavy atom. The predicted octanol–water partition coefficient (Wildman–Crippen LogP) is 2.66. The summed E-state index contributed by atoms with van der Waals surface area (Å²) in [6.07, 6.45) is 1.32. The fourth-order valence-corrected chi connectivity index (χ4v) is 4.62. The quantitative estimate of drug-likeness (QED) is 0.744. The Kier molecular flexibility index (Phi) is 6.04. The van der Waals surface area contributed by atoms with Crippen molar-refractivity contribution in [3.8, 4) is 11.1 Å². The van der Waals surface area contributed by atoms with Crippen LogP contribution in [-0.4, -0.2) is 39.1 Å². The van der Waals surface area contributed by atoms with E-state index in [9.17, 15) is 17.6 Å². The summed E-state index contributed by atoms with van der Waals surface area (Å²) < 4.78 is 41.6. The van der Waals surface area contributed by atoms with Crippen molar-refractivity contribution in [1.82, 2.24) is 10.0 Å². The van der Waals surface area contributed by atoms with Crippen molar-refractivity contribution < 1.29 is 17.6 Å². The summed E-state index contributed by atoms with van der Waals surface area (Å²) in [7, 11) is -3.63. The number of rotatable bonds is 6. The molecule has 0 amide bonds. The summed E-state index contributed by atoms with van der Waals surface area (Å²) in [4.78, 5) is 12.5. The highest BCUT2D eigenvalue weighted by atomic mass is 32.2. The van der Waals surface area contributed by atoms with Crippen LogP contribution < -0.4 is 10.0 Å². The second-order valence-electron chi connectivity index (χ2n) is 6.78. The molecule has 27 heavy (non-hydrogen) atoms. The zero-order valence-corrected chi connectivity index (χ0v) is 16.0. The molecule has 144 valence electrons. The standard InChI is InChI=1S/C20H23FN2O3S/c1-14-10-16(15-6-3-2-4-7-15)11-18(20(14)21)19(24)13-23-27(25,26)17-8-5-9-22-12-17/h2-4,6-7,10-11,17,22-23H,5,8-9,12-13H2,1H3. The first-order valence-corrected chi connectivity index (χ1v) is 10.5. The van der Waals surface area contributed by atoms with Crippen molar-refractivity contribution >= 4 is 15.8 Å². The van der Waals surface area contributed by atoms with E-state index >= 15 is 0 Å². The van der Waals surface area contributed by atoms with E-state index in [-0.39, 0.29) is 5.56 Å². The monoisotopic (exact) mass is 390 g/mol. The molecular weight excluding hydrogens is 367 g/mol. The molecule has 0 saturated carbocycles. The molecule has 1 aliphatic heterocycles. The second kappa shape index (κ2) is 8.29. The minimum absolute atomic E-state index is 0.0988. The number of benzene rings is 2. The molecule has 1 saturated heterocycles. The lowest BCUT2D eigenvalue weighted by Crippen LogP contribution is -2.45. The SMILES string of the molecule is Cc1cc(-c2ccccc2)cc(C(=O)CNS(=O)(=O)C2CCCNC2)c1F. The number of Topliss-reactive ketones (excluding diaryl/α,β-unsaturated/α-hetero) is 1. The predicted molar refractivity (Wildman–Crippen MR) is 104 cm³/mol. The van der Waals surface area contributed by atoms with E-state index in [1.807, 2.05) is 30.3 Å². The third-order valence-electron chi connectivity index (χ3n) is 4.79. The first-order valence-electron chi connectivity index (χ1n) is 8.96. The normalized spacial score (nSPS) is 17.6. The lowest BCUT2D eigenvalue weighted by Gasteiger charge is -2.22. The Bertz CT molecular complexity index is 924. The first kappa shape index (κ1) is 19.7. The number of sulfonamides is 1. The van der Waals surface area contributed by atoms with Crippen molar-refractivity contribution in [2.45, 2.75) is 25.0 Å². The molecule has 2 N–H and O–H groups in total. The molecule has 1 heterocycles. The molecule has 2 aromatic rings. The van der Waals surface area contributed by atoms with E-state index in [0.29, 0.717) is 18.5 Å². The third-order valence-corrected chi connectivity index (χ3v) is 6.61. The average Bonchev–Trinajstić information content (AvgIpc) is 2.69. The lowest BCUT2D eigenvalue weighted by molar-refractivity contribution is 0.0993. The Morgan fingerprint density at radius 3 is 2.63 bits per heavy atom. The fourth-order valence-electron chi connectivity index (χ4n) is 3.23. The maximum atomic E-state index is 14.5. The number of ketones is 1. The smallest absolute Gasteiger partial charge is 0.216 e. The molecule has 1 atom stereocenters. The molecule has 0 bridgehead atoms. The van der Waals surface area contributed by atoms with Gasteiger partial charge in [-0.2, -0.15) is 0 Å². The van der Waals surface area contributed by atoms with Gasteiger partial charge in [-0.25, -0.2) is 17.5 Å². The van der Waals surface area contributed by atoms with Crippen molar-refractivity contribution in [2.24, 2.45) is 0 Å². The molecule has 0 aromatic heterocycles. The van der Waals surface area contributed by atoms with Gasteiger partial charge in [-0.3, -0.25) is 4.79 Å². The summed E-state index contributed by atoms with van der Waals surface area (Å²) in [6.45, 7) is 2.30. The average molecular weight is 390 g/mol. The molecular formula is C20H23FN2O3S. The first-order chi connectivity index (χ1) is 12.9. The van der Waals surface area contributed by atoms with Gasteiger partial charge in [0.1, 0.15) is 5.82 Å². The topological polar surface area (TPSA) is 75.3 Å². The summed E-state index contributed by atoms with van der Waals surface area (Å²) in [6, 6.07) is 12.5. The maximum absolute atomic E-state index is 14.5. The molecule has 0 aliphatic carbocycles. The van der Waals surface area contributed by atoms with E-state index in [1.54, 1.807) is 13.0 Å². The second-order valence-corrected chi connectivity index (χ2v) is 8.82. The highest BCUT2D eigenvalue weighted by Crippen LogP contribution is 2.25. The van der Waals surface area contributed by atoms with E-state index in [0.717, 1.165) is 24.1 Å². The summed E-state index contributed by atoms with van der Waals surface area (Å²) in [5, 5.41) is 2.47. The van der Waals surface area contributed by atoms with Gasteiger partial charge in [0.25, 0.3) is 0 Å². The van der Waals surface area contributed by atoms with Gasteiger partial charge < -0.3 is 5.32 Å². The van der Waals surface area contributed by atoms with Crippen LogP contribution in [0.1, 0.15) is 28.8 Å². The number of aryl methyl sites for hydroxylation is 1. The molecule has 1 aliphatic rings. The molecule has 2 aromatic carbocycles. The van der Waals surface area contributed by atoms with Crippen LogP contribution >= 0.6 is 0 Å². The fraction of sp³-hybridized carbons (Fsp3) is 0.350. The number of piperidine rings is 1.